The van der Waals surface area contributed by atoms with Crippen molar-refractivity contribution in [2.45, 2.75) is 70.3 Å². The molecule has 2 aliphatic rings. The molecule has 0 bridgehead atoms. The summed E-state index contributed by atoms with van der Waals surface area (Å²) in [7, 11) is 1.75. The van der Waals surface area contributed by atoms with Gasteiger partial charge >= 0.3 is 0 Å². The lowest BCUT2D eigenvalue weighted by atomic mass is 9.84. The van der Waals surface area contributed by atoms with Crippen LogP contribution in [0.2, 0.25) is 0 Å². The van der Waals surface area contributed by atoms with E-state index in [9.17, 15) is 13.6 Å². The topological polar surface area (TPSA) is 85.2 Å². The molecule has 0 aromatic carbocycles. The van der Waals surface area contributed by atoms with Crippen LogP contribution in [0.1, 0.15) is 55.3 Å². The van der Waals surface area contributed by atoms with Crippen molar-refractivity contribution in [3.63, 3.8) is 0 Å². The van der Waals surface area contributed by atoms with Crippen LogP contribution in [0.4, 0.5) is 8.78 Å². The molecule has 0 saturated heterocycles. The number of aryl methyl sites for hydroxylation is 1. The fourth-order valence-corrected chi connectivity index (χ4v) is 5.68. The molecule has 1 aliphatic carbocycles. The van der Waals surface area contributed by atoms with Crippen LogP contribution in [0.5, 0.6) is 5.19 Å². The Bertz CT molecular complexity index is 926. The van der Waals surface area contributed by atoms with Gasteiger partial charge in [-0.2, -0.15) is 15.0 Å². The Labute approximate surface area is 203 Å². The average Bonchev–Trinajstić information content (AvgIpc) is 3.32. The summed E-state index contributed by atoms with van der Waals surface area (Å²) in [5.41, 5.74) is 1.70. The standard InChI is InChI=1S/C23H34F2N6O2S/c1-23(24,25)15-33-22-28-19-8-11-31(12-9-20(19)34-22)10-7-16-3-5-17(6-4-16)27-21(32)13-18-14-26-30(2)29-18/h14,16-17H,3-13,15H2,1-2H3,(H,27,32)/t16-,17-. The minimum Gasteiger partial charge on any atom is -0.464 e. The number of fused-ring (bicyclic) bond motifs is 1. The van der Waals surface area contributed by atoms with Crippen molar-refractivity contribution >= 4 is 17.2 Å². The van der Waals surface area contributed by atoms with E-state index >= 15 is 0 Å². The summed E-state index contributed by atoms with van der Waals surface area (Å²) >= 11 is 1.41. The summed E-state index contributed by atoms with van der Waals surface area (Å²) < 4.78 is 31.2. The summed E-state index contributed by atoms with van der Waals surface area (Å²) in [6.45, 7) is 3.20. The van der Waals surface area contributed by atoms with Crippen molar-refractivity contribution < 1.29 is 18.3 Å². The van der Waals surface area contributed by atoms with Gasteiger partial charge in [0.05, 0.1) is 24.0 Å². The lowest BCUT2D eigenvalue weighted by Crippen LogP contribution is -2.39. The first-order chi connectivity index (χ1) is 16.2. The van der Waals surface area contributed by atoms with Crippen molar-refractivity contribution in [2.24, 2.45) is 13.0 Å². The molecular weight excluding hydrogens is 462 g/mol. The largest absolute Gasteiger partial charge is 0.464 e. The fourth-order valence-electron chi connectivity index (χ4n) is 4.73. The molecule has 188 valence electrons. The van der Waals surface area contributed by atoms with Gasteiger partial charge in [-0.1, -0.05) is 11.3 Å². The van der Waals surface area contributed by atoms with Crippen LogP contribution in [0.25, 0.3) is 0 Å². The third-order valence-corrected chi connectivity index (χ3v) is 7.65. The summed E-state index contributed by atoms with van der Waals surface area (Å²) in [5, 5.41) is 11.7. The highest BCUT2D eigenvalue weighted by molar-refractivity contribution is 7.13. The number of hydrogen-bond donors (Lipinski definition) is 1. The summed E-state index contributed by atoms with van der Waals surface area (Å²) in [6, 6.07) is 0.254. The number of rotatable bonds is 9. The molecule has 0 unspecified atom stereocenters. The average molecular weight is 497 g/mol. The predicted octanol–water partition coefficient (Wildman–Crippen LogP) is 3.01. The lowest BCUT2D eigenvalue weighted by Gasteiger charge is -2.30. The zero-order valence-corrected chi connectivity index (χ0v) is 20.8. The number of alkyl halides is 2. The van der Waals surface area contributed by atoms with Crippen LogP contribution in [-0.2, 0) is 31.1 Å². The zero-order chi connectivity index (χ0) is 24.1. The molecular formula is C23H34F2N6O2S. The molecule has 1 N–H and O–H groups in total. The van der Waals surface area contributed by atoms with E-state index in [4.69, 9.17) is 4.74 Å². The van der Waals surface area contributed by atoms with Gasteiger partial charge in [-0.15, -0.1) is 0 Å². The number of hydrogen-bond acceptors (Lipinski definition) is 7. The van der Waals surface area contributed by atoms with E-state index in [0.717, 1.165) is 75.7 Å². The van der Waals surface area contributed by atoms with Crippen molar-refractivity contribution in [1.82, 2.24) is 30.2 Å². The van der Waals surface area contributed by atoms with E-state index in [1.165, 1.54) is 22.6 Å². The van der Waals surface area contributed by atoms with Crippen LogP contribution in [0.3, 0.4) is 0 Å². The zero-order valence-electron chi connectivity index (χ0n) is 19.9. The fraction of sp³-hybridized carbons (Fsp3) is 0.739. The second-order valence-electron chi connectivity index (χ2n) is 9.63. The van der Waals surface area contributed by atoms with Gasteiger partial charge in [0.2, 0.25) is 5.91 Å². The molecule has 2 aromatic heterocycles. The van der Waals surface area contributed by atoms with Gasteiger partial charge in [-0.05, 0) is 51.0 Å². The molecule has 1 aliphatic heterocycles. The molecule has 0 radical (unpaired) electrons. The Kier molecular flexibility index (Phi) is 8.13. The van der Waals surface area contributed by atoms with Crippen molar-refractivity contribution in [3.05, 3.63) is 22.5 Å². The summed E-state index contributed by atoms with van der Waals surface area (Å²) in [5.74, 6) is -2.13. The Morgan fingerprint density at radius 3 is 2.74 bits per heavy atom. The number of ether oxygens (including phenoxy) is 1. The number of aromatic nitrogens is 4. The highest BCUT2D eigenvalue weighted by atomic mass is 32.1. The second-order valence-corrected chi connectivity index (χ2v) is 10.7. The van der Waals surface area contributed by atoms with Gasteiger partial charge in [0.1, 0.15) is 0 Å². The van der Waals surface area contributed by atoms with Crippen LogP contribution in [0, 0.1) is 5.92 Å². The lowest BCUT2D eigenvalue weighted by molar-refractivity contribution is -0.121. The maximum atomic E-state index is 13.0. The molecule has 2 aromatic rings. The molecule has 11 heteroatoms. The SMILES string of the molecule is Cn1ncc(CC(=O)N[C@H]2CC[C@H](CCN3CCc4nc(OCC(C)(F)F)sc4CC3)CC2)n1. The molecule has 34 heavy (non-hydrogen) atoms. The molecule has 1 saturated carbocycles. The third kappa shape index (κ3) is 7.43. The first kappa shape index (κ1) is 25.0. The van der Waals surface area contributed by atoms with Gasteiger partial charge in [-0.3, -0.25) is 4.79 Å². The van der Waals surface area contributed by atoms with Crippen LogP contribution in [0.15, 0.2) is 6.20 Å². The second kappa shape index (κ2) is 11.1. The van der Waals surface area contributed by atoms with Gasteiger partial charge in [-0.25, -0.2) is 13.8 Å². The number of carbonyl (C=O) groups is 1. The van der Waals surface area contributed by atoms with Gasteiger partial charge in [0.15, 0.2) is 6.61 Å². The Morgan fingerprint density at radius 1 is 1.26 bits per heavy atom. The number of nitrogens with one attached hydrogen (secondary N) is 1. The first-order valence-electron chi connectivity index (χ1n) is 12.1. The minimum absolute atomic E-state index is 0.0200. The molecule has 8 nitrogen and oxygen atoms in total. The van der Waals surface area contributed by atoms with E-state index in [2.05, 4.69) is 25.4 Å². The third-order valence-electron chi connectivity index (χ3n) is 6.58. The molecule has 4 rings (SSSR count). The van der Waals surface area contributed by atoms with Crippen molar-refractivity contribution in [1.29, 1.82) is 0 Å². The van der Waals surface area contributed by atoms with Gasteiger partial charge in [0, 0.05) is 44.4 Å². The Balaban J connectivity index is 1.13. The van der Waals surface area contributed by atoms with Crippen molar-refractivity contribution in [2.75, 3.05) is 26.2 Å². The number of amides is 1. The number of nitrogens with zero attached hydrogens (tertiary/aromatic N) is 5. The van der Waals surface area contributed by atoms with E-state index in [-0.39, 0.29) is 18.4 Å². The quantitative estimate of drug-likeness (QED) is 0.575. The highest BCUT2D eigenvalue weighted by Gasteiger charge is 2.26. The van der Waals surface area contributed by atoms with E-state index in [0.29, 0.717) is 16.8 Å². The smallest absolute Gasteiger partial charge is 0.278 e. The van der Waals surface area contributed by atoms with E-state index < -0.39 is 12.5 Å². The minimum atomic E-state index is -2.85. The molecule has 1 fully saturated rings. The summed E-state index contributed by atoms with van der Waals surface area (Å²) in [4.78, 5) is 21.8. The maximum Gasteiger partial charge on any atom is 0.278 e. The summed E-state index contributed by atoms with van der Waals surface area (Å²) in [6.07, 6.45) is 9.14. The van der Waals surface area contributed by atoms with E-state index in [1.54, 1.807) is 13.2 Å². The van der Waals surface area contributed by atoms with Crippen LogP contribution >= 0.6 is 11.3 Å². The highest BCUT2D eigenvalue weighted by Crippen LogP contribution is 2.30. The first-order valence-corrected chi connectivity index (χ1v) is 12.9. The normalized spacial score (nSPS) is 21.6. The van der Waals surface area contributed by atoms with Gasteiger partial charge in [0.25, 0.3) is 11.1 Å². The van der Waals surface area contributed by atoms with Crippen LogP contribution < -0.4 is 10.1 Å². The molecule has 0 atom stereocenters. The Hall–Kier alpha value is -2.14. The number of carbonyl (C=O) groups excluding carboxylic acids is 1. The van der Waals surface area contributed by atoms with Crippen LogP contribution in [-0.4, -0.2) is 69.0 Å². The monoisotopic (exact) mass is 496 g/mol. The molecule has 1 amide bonds. The van der Waals surface area contributed by atoms with E-state index in [1.807, 2.05) is 0 Å². The molecule has 3 heterocycles. The predicted molar refractivity (Wildman–Crippen MR) is 125 cm³/mol. The Morgan fingerprint density at radius 2 is 2.03 bits per heavy atom. The maximum absolute atomic E-state index is 13.0. The van der Waals surface area contributed by atoms with Gasteiger partial charge < -0.3 is 15.0 Å². The number of thiazole rings is 1. The molecule has 0 spiro atoms. The van der Waals surface area contributed by atoms with Crippen molar-refractivity contribution in [3.8, 4) is 5.19 Å². The number of halogens is 2.